The maximum atomic E-state index is 12.7. The van der Waals surface area contributed by atoms with Crippen LogP contribution in [0.2, 0.25) is 0 Å². The Kier molecular flexibility index (Phi) is 5.19. The Labute approximate surface area is 112 Å². The Bertz CT molecular complexity index is 420. The van der Waals surface area contributed by atoms with Gasteiger partial charge in [-0.3, -0.25) is 4.79 Å². The second-order valence-corrected chi connectivity index (χ2v) is 4.64. The predicted molar refractivity (Wildman–Crippen MR) is 66.3 cm³/mol. The first-order valence-electron chi connectivity index (χ1n) is 5.31. The van der Waals surface area contributed by atoms with Crippen LogP contribution in [0, 0.1) is 0 Å². The van der Waals surface area contributed by atoms with Crippen molar-refractivity contribution in [3.05, 3.63) is 35.4 Å². The Morgan fingerprint density at radius 2 is 1.94 bits per heavy atom. The zero-order valence-electron chi connectivity index (χ0n) is 9.80. The number of benzene rings is 1. The molecule has 0 aliphatic rings. The normalized spacial score (nSPS) is 11.4. The molecule has 0 unspecified atom stereocenters. The number of carbonyl (C=O) groups excluding carboxylic acids is 1. The zero-order chi connectivity index (χ0) is 13.8. The van der Waals surface area contributed by atoms with Crippen LogP contribution >= 0.6 is 15.9 Å². The Balaban J connectivity index is 2.88. The van der Waals surface area contributed by atoms with Crippen LogP contribution < -0.4 is 0 Å². The summed E-state index contributed by atoms with van der Waals surface area (Å²) in [6, 6.07) is 5.29. The zero-order valence-corrected chi connectivity index (χ0v) is 11.4. The van der Waals surface area contributed by atoms with E-state index in [1.165, 1.54) is 30.1 Å². The molecular weight excluding hydrogens is 311 g/mol. The molecule has 0 N–H and O–H groups in total. The lowest BCUT2D eigenvalue weighted by Gasteiger charge is -2.19. The molecule has 100 valence electrons. The van der Waals surface area contributed by atoms with Gasteiger partial charge in [0, 0.05) is 25.3 Å². The van der Waals surface area contributed by atoms with Gasteiger partial charge < -0.3 is 4.90 Å². The van der Waals surface area contributed by atoms with Crippen LogP contribution in [-0.4, -0.2) is 23.2 Å². The molecular formula is C12H13BrF3NO. The van der Waals surface area contributed by atoms with Crippen molar-refractivity contribution in [3.63, 3.8) is 0 Å². The first-order chi connectivity index (χ1) is 8.36. The summed E-state index contributed by atoms with van der Waals surface area (Å²) in [5, 5.41) is 0.497. The summed E-state index contributed by atoms with van der Waals surface area (Å²) >= 11 is 3.12. The largest absolute Gasteiger partial charge is 0.416 e. The summed E-state index contributed by atoms with van der Waals surface area (Å²) in [4.78, 5) is 12.8. The summed E-state index contributed by atoms with van der Waals surface area (Å²) in [5.74, 6) is -0.191. The molecule has 0 saturated heterocycles. The summed E-state index contributed by atoms with van der Waals surface area (Å²) < 4.78 is 38.2. The van der Waals surface area contributed by atoms with Gasteiger partial charge >= 0.3 is 6.18 Å². The Hall–Kier alpha value is -1.04. The second kappa shape index (κ2) is 6.22. The lowest BCUT2D eigenvalue weighted by atomic mass is 10.1. The van der Waals surface area contributed by atoms with Crippen LogP contribution in [0.5, 0.6) is 0 Å². The average molecular weight is 324 g/mol. The summed E-state index contributed by atoms with van der Waals surface area (Å²) in [5.41, 5.74) is -0.584. The van der Waals surface area contributed by atoms with Crippen molar-refractivity contribution in [1.29, 1.82) is 0 Å². The highest BCUT2D eigenvalue weighted by Gasteiger charge is 2.33. The van der Waals surface area contributed by atoms with Crippen molar-refractivity contribution in [3.8, 4) is 0 Å². The predicted octanol–water partition coefficient (Wildman–Crippen LogP) is 3.45. The molecule has 0 saturated carbocycles. The maximum Gasteiger partial charge on any atom is 0.416 e. The van der Waals surface area contributed by atoms with Crippen molar-refractivity contribution >= 4 is 21.8 Å². The third kappa shape index (κ3) is 4.01. The molecule has 0 fully saturated rings. The van der Waals surface area contributed by atoms with Crippen LogP contribution in [-0.2, 0) is 17.5 Å². The molecule has 1 aromatic rings. The molecule has 1 rings (SSSR count). The molecule has 0 atom stereocenters. The fraction of sp³-hybridized carbons (Fsp3) is 0.417. The van der Waals surface area contributed by atoms with Crippen LogP contribution in [0.3, 0.4) is 0 Å². The lowest BCUT2D eigenvalue weighted by molar-refractivity contribution is -0.139. The Morgan fingerprint density at radius 3 is 2.50 bits per heavy atom. The van der Waals surface area contributed by atoms with E-state index in [0.717, 1.165) is 6.07 Å². The first-order valence-corrected chi connectivity index (χ1v) is 6.43. The van der Waals surface area contributed by atoms with Gasteiger partial charge in [0.1, 0.15) is 0 Å². The van der Waals surface area contributed by atoms with Crippen molar-refractivity contribution in [1.82, 2.24) is 4.90 Å². The van der Waals surface area contributed by atoms with Crippen LogP contribution in [0.1, 0.15) is 17.5 Å². The van der Waals surface area contributed by atoms with Gasteiger partial charge in [-0.15, -0.1) is 0 Å². The highest BCUT2D eigenvalue weighted by atomic mass is 79.9. The second-order valence-electron chi connectivity index (χ2n) is 3.84. The van der Waals surface area contributed by atoms with E-state index < -0.39 is 11.7 Å². The van der Waals surface area contributed by atoms with Gasteiger partial charge in [-0.05, 0) is 11.6 Å². The average Bonchev–Trinajstić information content (AvgIpc) is 2.28. The van der Waals surface area contributed by atoms with Crippen molar-refractivity contribution in [2.45, 2.75) is 19.1 Å². The smallest absolute Gasteiger partial charge is 0.341 e. The number of alkyl halides is 4. The molecule has 0 heterocycles. The van der Waals surface area contributed by atoms with E-state index in [1.807, 2.05) is 0 Å². The minimum atomic E-state index is -4.39. The minimum Gasteiger partial charge on any atom is -0.341 e. The van der Waals surface area contributed by atoms with E-state index >= 15 is 0 Å². The third-order valence-corrected chi connectivity index (χ3v) is 2.86. The first kappa shape index (κ1) is 15.0. The highest BCUT2D eigenvalue weighted by molar-refractivity contribution is 9.09. The molecule has 6 heteroatoms. The van der Waals surface area contributed by atoms with E-state index in [1.54, 1.807) is 0 Å². The number of nitrogens with zero attached hydrogens (tertiary/aromatic N) is 1. The number of hydrogen-bond acceptors (Lipinski definition) is 1. The summed E-state index contributed by atoms with van der Waals surface area (Å²) in [6.07, 6.45) is -4.12. The van der Waals surface area contributed by atoms with Gasteiger partial charge in [-0.1, -0.05) is 34.1 Å². The fourth-order valence-electron chi connectivity index (χ4n) is 1.55. The topological polar surface area (TPSA) is 20.3 Å². The van der Waals surface area contributed by atoms with Gasteiger partial charge in [0.15, 0.2) is 0 Å². The number of carbonyl (C=O) groups is 1. The van der Waals surface area contributed by atoms with Gasteiger partial charge in [0.2, 0.25) is 5.91 Å². The minimum absolute atomic E-state index is 0.0402. The van der Waals surface area contributed by atoms with E-state index in [0.29, 0.717) is 5.33 Å². The quantitative estimate of drug-likeness (QED) is 0.777. The van der Waals surface area contributed by atoms with Crippen molar-refractivity contribution in [2.75, 3.05) is 12.4 Å². The van der Waals surface area contributed by atoms with E-state index in [-0.39, 0.29) is 24.4 Å². The van der Waals surface area contributed by atoms with E-state index in [2.05, 4.69) is 15.9 Å². The van der Waals surface area contributed by atoms with Gasteiger partial charge in [0.25, 0.3) is 0 Å². The van der Waals surface area contributed by atoms with Gasteiger partial charge in [-0.25, -0.2) is 0 Å². The number of amides is 1. The summed E-state index contributed by atoms with van der Waals surface area (Å²) in [6.45, 7) is -0.0402. The molecule has 0 spiro atoms. The van der Waals surface area contributed by atoms with E-state index in [4.69, 9.17) is 0 Å². The van der Waals surface area contributed by atoms with E-state index in [9.17, 15) is 18.0 Å². The molecule has 1 amide bonds. The van der Waals surface area contributed by atoms with Crippen molar-refractivity contribution < 1.29 is 18.0 Å². The molecule has 2 nitrogen and oxygen atoms in total. The molecule has 0 bridgehead atoms. The number of halogens is 4. The third-order valence-electron chi connectivity index (χ3n) is 2.46. The number of hydrogen-bond donors (Lipinski definition) is 0. The molecule has 1 aromatic carbocycles. The van der Waals surface area contributed by atoms with Crippen LogP contribution in [0.15, 0.2) is 24.3 Å². The Morgan fingerprint density at radius 1 is 1.33 bits per heavy atom. The molecule has 0 aromatic heterocycles. The monoisotopic (exact) mass is 323 g/mol. The summed E-state index contributed by atoms with van der Waals surface area (Å²) in [7, 11) is 1.50. The van der Waals surface area contributed by atoms with Crippen molar-refractivity contribution in [2.24, 2.45) is 0 Å². The van der Waals surface area contributed by atoms with Crippen LogP contribution in [0.25, 0.3) is 0 Å². The standard InChI is InChI=1S/C12H13BrF3NO/c1-17(11(18)6-7-13)8-9-4-2-3-5-10(9)12(14,15)16/h2-5H,6-8H2,1H3. The lowest BCUT2D eigenvalue weighted by Crippen LogP contribution is -2.27. The van der Waals surface area contributed by atoms with Gasteiger partial charge in [0.05, 0.1) is 5.56 Å². The number of rotatable bonds is 4. The molecule has 0 radical (unpaired) electrons. The molecule has 0 aliphatic carbocycles. The highest BCUT2D eigenvalue weighted by Crippen LogP contribution is 2.32. The molecule has 18 heavy (non-hydrogen) atoms. The SMILES string of the molecule is CN(Cc1ccccc1C(F)(F)F)C(=O)CCBr. The van der Waals surface area contributed by atoms with Crippen LogP contribution in [0.4, 0.5) is 13.2 Å². The maximum absolute atomic E-state index is 12.7. The fourth-order valence-corrected chi connectivity index (χ4v) is 1.89. The van der Waals surface area contributed by atoms with Gasteiger partial charge in [-0.2, -0.15) is 13.2 Å². The molecule has 0 aliphatic heterocycles.